The zero-order valence-corrected chi connectivity index (χ0v) is 10.3. The molecule has 4 nitrogen and oxygen atoms in total. The molecule has 2 aliphatic rings. The minimum absolute atomic E-state index is 0.340. The molecule has 0 aromatic heterocycles. The van der Waals surface area contributed by atoms with E-state index >= 15 is 0 Å². The van der Waals surface area contributed by atoms with E-state index in [0.29, 0.717) is 6.54 Å². The Hall–Kier alpha value is -2.27. The van der Waals surface area contributed by atoms with Crippen LogP contribution in [-0.2, 0) is 4.94 Å². The summed E-state index contributed by atoms with van der Waals surface area (Å²) in [6.07, 6.45) is 7.66. The number of hydroxylamine groups is 3. The van der Waals surface area contributed by atoms with Crippen molar-refractivity contribution >= 4 is 11.3 Å². The van der Waals surface area contributed by atoms with Crippen molar-refractivity contribution in [3.63, 3.8) is 0 Å². The predicted molar refractivity (Wildman–Crippen MR) is 72.2 cm³/mol. The van der Waals surface area contributed by atoms with Gasteiger partial charge in [0.1, 0.15) is 6.67 Å². The minimum atomic E-state index is -0.368. The largest absolute Gasteiger partial charge is 0.382 e. The van der Waals surface area contributed by atoms with Crippen LogP contribution in [0.4, 0.5) is 10.1 Å². The minimum Gasteiger partial charge on any atom is -0.382 e. The molecule has 1 aromatic carbocycles. The van der Waals surface area contributed by atoms with E-state index in [-0.39, 0.29) is 6.67 Å². The summed E-state index contributed by atoms with van der Waals surface area (Å²) in [7, 11) is 0. The second-order valence-electron chi connectivity index (χ2n) is 4.21. The Labute approximate surface area is 110 Å². The molecular formula is C14H14FN3O. The molecule has 0 fully saturated rings. The highest BCUT2D eigenvalue weighted by molar-refractivity contribution is 5.78. The van der Waals surface area contributed by atoms with Gasteiger partial charge in [0, 0.05) is 18.4 Å². The first-order valence-electron chi connectivity index (χ1n) is 6.09. The highest BCUT2D eigenvalue weighted by Gasteiger charge is 2.16. The number of nitrogens with zero attached hydrogens (tertiary/aromatic N) is 1. The zero-order valence-electron chi connectivity index (χ0n) is 10.3. The van der Waals surface area contributed by atoms with Crippen molar-refractivity contribution in [2.45, 2.75) is 0 Å². The lowest BCUT2D eigenvalue weighted by molar-refractivity contribution is -0.112. The Kier molecular flexibility index (Phi) is 3.20. The maximum atomic E-state index is 12.1. The quantitative estimate of drug-likeness (QED) is 0.871. The van der Waals surface area contributed by atoms with Gasteiger partial charge in [-0.25, -0.2) is 14.9 Å². The van der Waals surface area contributed by atoms with Crippen molar-refractivity contribution in [2.24, 2.45) is 0 Å². The lowest BCUT2D eigenvalue weighted by Gasteiger charge is -2.17. The fourth-order valence-corrected chi connectivity index (χ4v) is 1.99. The van der Waals surface area contributed by atoms with Crippen LogP contribution in [0.1, 0.15) is 5.56 Å². The predicted octanol–water partition coefficient (Wildman–Crippen LogP) is 2.57. The molecule has 0 atom stereocenters. The van der Waals surface area contributed by atoms with E-state index < -0.39 is 0 Å². The first kappa shape index (κ1) is 11.8. The van der Waals surface area contributed by atoms with E-state index in [1.54, 1.807) is 11.3 Å². The molecule has 19 heavy (non-hydrogen) atoms. The summed E-state index contributed by atoms with van der Waals surface area (Å²) in [5.74, 6) is 0. The van der Waals surface area contributed by atoms with Crippen LogP contribution in [0.25, 0.3) is 5.57 Å². The number of hydrogen-bond acceptors (Lipinski definition) is 4. The van der Waals surface area contributed by atoms with Gasteiger partial charge in [-0.2, -0.15) is 4.94 Å². The summed E-state index contributed by atoms with van der Waals surface area (Å²) >= 11 is 0. The van der Waals surface area contributed by atoms with Crippen LogP contribution in [0.15, 0.2) is 54.5 Å². The first-order chi connectivity index (χ1) is 9.36. The summed E-state index contributed by atoms with van der Waals surface area (Å²) in [4.78, 5) is 5.12. The number of rotatable bonds is 4. The molecule has 0 saturated heterocycles. The number of allylic oxidation sites excluding steroid dienone is 3. The van der Waals surface area contributed by atoms with Crippen LogP contribution in [0.3, 0.4) is 0 Å². The summed E-state index contributed by atoms with van der Waals surface area (Å²) in [6, 6.07) is 7.92. The standard InChI is InChI=1S/C14H14FN3O/c15-6-7-16-13-3-1-11(2-4-13)12-5-8-18-14(9-12)10-17-19-18/h1-5,8-10,16-17H,6-7H2. The number of hydrogen-bond donors (Lipinski definition) is 2. The van der Waals surface area contributed by atoms with Crippen LogP contribution in [-0.4, -0.2) is 18.3 Å². The molecule has 0 aliphatic carbocycles. The normalized spacial score (nSPS) is 16.6. The molecule has 2 aliphatic heterocycles. The van der Waals surface area contributed by atoms with Crippen LogP contribution in [0.2, 0.25) is 0 Å². The number of benzene rings is 1. The van der Waals surface area contributed by atoms with Crippen molar-refractivity contribution in [3.8, 4) is 0 Å². The van der Waals surface area contributed by atoms with Crippen molar-refractivity contribution < 1.29 is 9.33 Å². The van der Waals surface area contributed by atoms with Gasteiger partial charge in [0.15, 0.2) is 0 Å². The topological polar surface area (TPSA) is 36.5 Å². The van der Waals surface area contributed by atoms with Crippen LogP contribution < -0.4 is 10.8 Å². The monoisotopic (exact) mass is 259 g/mol. The third-order valence-electron chi connectivity index (χ3n) is 2.95. The summed E-state index contributed by atoms with van der Waals surface area (Å²) in [6.45, 7) is -0.0283. The number of halogens is 1. The van der Waals surface area contributed by atoms with Gasteiger partial charge in [-0.3, -0.25) is 0 Å². The van der Waals surface area contributed by atoms with Crippen molar-refractivity contribution in [2.75, 3.05) is 18.5 Å². The van der Waals surface area contributed by atoms with Gasteiger partial charge in [0.2, 0.25) is 0 Å². The van der Waals surface area contributed by atoms with E-state index in [0.717, 1.165) is 22.5 Å². The summed E-state index contributed by atoms with van der Waals surface area (Å²) in [5, 5.41) is 4.65. The second kappa shape index (κ2) is 5.16. The molecule has 5 heteroatoms. The first-order valence-corrected chi connectivity index (χ1v) is 6.09. The summed E-state index contributed by atoms with van der Waals surface area (Å²) in [5.41, 5.74) is 6.78. The number of nitrogens with one attached hydrogen (secondary N) is 2. The molecule has 98 valence electrons. The Morgan fingerprint density at radius 2 is 2.11 bits per heavy atom. The Balaban J connectivity index is 1.77. The van der Waals surface area contributed by atoms with E-state index in [1.807, 2.05) is 42.6 Å². The third-order valence-corrected chi connectivity index (χ3v) is 2.95. The smallest absolute Gasteiger partial charge is 0.107 e. The Morgan fingerprint density at radius 3 is 2.89 bits per heavy atom. The molecule has 2 heterocycles. The van der Waals surface area contributed by atoms with E-state index in [2.05, 4.69) is 10.8 Å². The fourth-order valence-electron chi connectivity index (χ4n) is 1.99. The average Bonchev–Trinajstić information content (AvgIpc) is 2.93. The molecular weight excluding hydrogens is 245 g/mol. The Morgan fingerprint density at radius 1 is 1.26 bits per heavy atom. The number of anilines is 1. The van der Waals surface area contributed by atoms with E-state index in [1.165, 1.54) is 0 Å². The second-order valence-corrected chi connectivity index (χ2v) is 4.21. The van der Waals surface area contributed by atoms with Gasteiger partial charge in [-0.15, -0.1) is 0 Å². The van der Waals surface area contributed by atoms with Crippen LogP contribution >= 0.6 is 0 Å². The van der Waals surface area contributed by atoms with Crippen LogP contribution in [0.5, 0.6) is 0 Å². The number of fused-ring (bicyclic) bond motifs is 1. The van der Waals surface area contributed by atoms with Gasteiger partial charge in [-0.05, 0) is 35.4 Å². The lowest BCUT2D eigenvalue weighted by Crippen LogP contribution is -2.15. The summed E-state index contributed by atoms with van der Waals surface area (Å²) < 4.78 is 12.1. The van der Waals surface area contributed by atoms with Crippen molar-refractivity contribution in [1.29, 1.82) is 0 Å². The van der Waals surface area contributed by atoms with Crippen molar-refractivity contribution in [3.05, 3.63) is 60.1 Å². The molecule has 0 bridgehead atoms. The van der Waals surface area contributed by atoms with Gasteiger partial charge < -0.3 is 5.32 Å². The van der Waals surface area contributed by atoms with Gasteiger partial charge in [-0.1, -0.05) is 12.1 Å². The van der Waals surface area contributed by atoms with Crippen LogP contribution in [0, 0.1) is 0 Å². The van der Waals surface area contributed by atoms with Crippen molar-refractivity contribution in [1.82, 2.24) is 10.5 Å². The maximum absolute atomic E-state index is 12.1. The van der Waals surface area contributed by atoms with E-state index in [9.17, 15) is 4.39 Å². The maximum Gasteiger partial charge on any atom is 0.107 e. The molecule has 0 saturated carbocycles. The van der Waals surface area contributed by atoms with Gasteiger partial charge >= 0.3 is 0 Å². The Bertz CT molecular complexity index is 548. The van der Waals surface area contributed by atoms with Gasteiger partial charge in [0.05, 0.1) is 11.9 Å². The van der Waals surface area contributed by atoms with E-state index in [4.69, 9.17) is 4.94 Å². The molecule has 1 aromatic rings. The molecule has 0 radical (unpaired) electrons. The molecule has 0 unspecified atom stereocenters. The highest BCUT2D eigenvalue weighted by atomic mass is 19.1. The SMILES string of the molecule is FCCNc1ccc(C2=CC3=CNON3C=C2)cc1. The molecule has 2 N–H and O–H groups in total. The highest BCUT2D eigenvalue weighted by Crippen LogP contribution is 2.27. The fraction of sp³-hybridized carbons (Fsp3) is 0.143. The average molecular weight is 259 g/mol. The third kappa shape index (κ3) is 2.46. The van der Waals surface area contributed by atoms with Gasteiger partial charge in [0.25, 0.3) is 0 Å². The molecule has 3 rings (SSSR count). The molecule has 0 amide bonds. The molecule has 0 spiro atoms. The lowest BCUT2D eigenvalue weighted by atomic mass is 10.0. The number of alkyl halides is 1. The zero-order chi connectivity index (χ0) is 13.1.